The number of aryl methyl sites for hydroxylation is 4. The zero-order valence-corrected chi connectivity index (χ0v) is 27.9. The Morgan fingerprint density at radius 1 is 0.476 bits per heavy atom. The molecule has 2 rings (SSSR count). The van der Waals surface area contributed by atoms with Crippen LogP contribution in [0.4, 0.5) is 0 Å². The van der Waals surface area contributed by atoms with Gasteiger partial charge in [-0.2, -0.15) is 0 Å². The summed E-state index contributed by atoms with van der Waals surface area (Å²) in [4.78, 5) is 0. The monoisotopic (exact) mass is 578 g/mol. The summed E-state index contributed by atoms with van der Waals surface area (Å²) >= 11 is 0. The molecule has 0 aliphatic rings. The van der Waals surface area contributed by atoms with Crippen LogP contribution < -0.4 is 9.31 Å². The highest BCUT2D eigenvalue weighted by atomic mass is 16.7. The first-order valence-electron chi connectivity index (χ1n) is 17.7. The molecule has 3 nitrogen and oxygen atoms in total. The van der Waals surface area contributed by atoms with Crippen molar-refractivity contribution >= 4 is 7.32 Å². The summed E-state index contributed by atoms with van der Waals surface area (Å²) in [6, 6.07) is 12.4. The Hall–Kier alpha value is -1.94. The van der Waals surface area contributed by atoms with E-state index >= 15 is 0 Å². The van der Waals surface area contributed by atoms with Gasteiger partial charge in [0, 0.05) is 0 Å². The second-order valence-electron chi connectivity index (χ2n) is 12.6. The Morgan fingerprint density at radius 2 is 0.786 bits per heavy atom. The predicted octanol–water partition coefficient (Wildman–Crippen LogP) is 11.7. The normalized spacial score (nSPS) is 11.2. The highest BCUT2D eigenvalue weighted by Gasteiger charge is 2.24. The summed E-state index contributed by atoms with van der Waals surface area (Å²) < 4.78 is 11.9. The van der Waals surface area contributed by atoms with Crippen LogP contribution in [-0.4, -0.2) is 12.3 Å². The Balaban J connectivity index is 1.76. The van der Waals surface area contributed by atoms with E-state index in [2.05, 4.69) is 39.8 Å². The lowest BCUT2D eigenvalue weighted by molar-refractivity contribution is 0.295. The van der Waals surface area contributed by atoms with Gasteiger partial charge in [0.1, 0.15) is 11.5 Å². The van der Waals surface area contributed by atoms with Gasteiger partial charge >= 0.3 is 7.32 Å². The fourth-order valence-electron chi connectivity index (χ4n) is 5.88. The van der Waals surface area contributed by atoms with Crippen LogP contribution in [0.5, 0.6) is 11.5 Å². The quantitative estimate of drug-likeness (QED) is 0.0891. The van der Waals surface area contributed by atoms with E-state index < -0.39 is 7.32 Å². The summed E-state index contributed by atoms with van der Waals surface area (Å²) in [6.07, 6.45) is 28.5. The molecule has 0 radical (unpaired) electrons. The van der Waals surface area contributed by atoms with Gasteiger partial charge in [0.15, 0.2) is 0 Å². The maximum Gasteiger partial charge on any atom is 0.785 e. The van der Waals surface area contributed by atoms with E-state index in [1.165, 1.54) is 127 Å². The van der Waals surface area contributed by atoms with Crippen LogP contribution in [-0.2, 0) is 12.8 Å². The van der Waals surface area contributed by atoms with Crippen molar-refractivity contribution in [3.05, 3.63) is 58.7 Å². The Labute approximate surface area is 260 Å². The van der Waals surface area contributed by atoms with Crippen LogP contribution in [0.2, 0.25) is 0 Å². The lowest BCUT2D eigenvalue weighted by Gasteiger charge is -2.17. The van der Waals surface area contributed by atoms with Gasteiger partial charge in [-0.1, -0.05) is 165 Å². The number of hydrogen-bond donors (Lipinski definition) is 1. The standard InChI is InChI=1S/C38H63BO3/c1-5-7-9-11-13-15-17-19-21-23-25-35-31-33(3)27-29-37(35)41-39(40)42-38-30-28-34(4)32-36(38)26-24-22-20-18-16-14-12-10-8-6-2/h27-32,40H,5-26H2,1-4H3. The van der Waals surface area contributed by atoms with Gasteiger partial charge in [0.25, 0.3) is 0 Å². The third-order valence-electron chi connectivity index (χ3n) is 8.49. The number of unbranched alkanes of at least 4 members (excludes halogenated alkanes) is 18. The van der Waals surface area contributed by atoms with Gasteiger partial charge in [0.05, 0.1) is 0 Å². The summed E-state index contributed by atoms with van der Waals surface area (Å²) in [7, 11) is -1.33. The van der Waals surface area contributed by atoms with Crippen molar-refractivity contribution in [1.29, 1.82) is 0 Å². The second kappa shape index (κ2) is 23.5. The number of benzene rings is 2. The van der Waals surface area contributed by atoms with Gasteiger partial charge in [-0.05, 0) is 62.8 Å². The van der Waals surface area contributed by atoms with E-state index in [9.17, 15) is 5.02 Å². The Kier molecular flexibility index (Phi) is 20.3. The van der Waals surface area contributed by atoms with Gasteiger partial charge < -0.3 is 14.3 Å². The summed E-state index contributed by atoms with van der Waals surface area (Å²) in [5.74, 6) is 1.46. The molecule has 0 heterocycles. The van der Waals surface area contributed by atoms with E-state index in [1.54, 1.807) is 0 Å². The van der Waals surface area contributed by atoms with Crippen LogP contribution in [0, 0.1) is 13.8 Å². The average molecular weight is 579 g/mol. The maximum atomic E-state index is 10.8. The molecule has 4 heteroatoms. The third-order valence-corrected chi connectivity index (χ3v) is 8.49. The van der Waals surface area contributed by atoms with E-state index in [4.69, 9.17) is 9.31 Å². The first-order chi connectivity index (χ1) is 20.5. The van der Waals surface area contributed by atoms with Crippen LogP contribution >= 0.6 is 0 Å². The third kappa shape index (κ3) is 16.6. The summed E-state index contributed by atoms with van der Waals surface area (Å²) in [5.41, 5.74) is 4.76. The zero-order valence-electron chi connectivity index (χ0n) is 27.9. The highest BCUT2D eigenvalue weighted by molar-refractivity contribution is 6.36. The lowest BCUT2D eigenvalue weighted by Crippen LogP contribution is -2.30. The molecule has 0 atom stereocenters. The predicted molar refractivity (Wildman–Crippen MR) is 183 cm³/mol. The van der Waals surface area contributed by atoms with Crippen molar-refractivity contribution in [2.45, 2.75) is 169 Å². The highest BCUT2D eigenvalue weighted by Crippen LogP contribution is 2.26. The first kappa shape index (κ1) is 36.3. The topological polar surface area (TPSA) is 38.7 Å². The summed E-state index contributed by atoms with van der Waals surface area (Å²) in [5, 5.41) is 10.8. The summed E-state index contributed by atoms with van der Waals surface area (Å²) in [6.45, 7) is 8.79. The SMILES string of the molecule is CCCCCCCCCCCCc1cc(C)ccc1OB(O)Oc1ccc(C)cc1CCCCCCCCCCCC. The fraction of sp³-hybridized carbons (Fsp3) is 0.684. The zero-order chi connectivity index (χ0) is 30.3. The van der Waals surface area contributed by atoms with Gasteiger partial charge in [-0.25, -0.2) is 0 Å². The molecule has 42 heavy (non-hydrogen) atoms. The molecule has 0 saturated heterocycles. The van der Waals surface area contributed by atoms with E-state index in [0.717, 1.165) is 48.3 Å². The second-order valence-corrected chi connectivity index (χ2v) is 12.6. The largest absolute Gasteiger partial charge is 0.785 e. The number of hydrogen-bond acceptors (Lipinski definition) is 3. The van der Waals surface area contributed by atoms with Crippen molar-refractivity contribution in [1.82, 2.24) is 0 Å². The van der Waals surface area contributed by atoms with Crippen LogP contribution in [0.25, 0.3) is 0 Å². The molecular formula is C38H63BO3. The molecule has 236 valence electrons. The van der Waals surface area contributed by atoms with Crippen molar-refractivity contribution < 1.29 is 14.3 Å². The average Bonchev–Trinajstić information content (AvgIpc) is 2.97. The molecule has 0 saturated carbocycles. The van der Waals surface area contributed by atoms with E-state index in [0.29, 0.717) is 0 Å². The number of rotatable bonds is 26. The molecular weight excluding hydrogens is 515 g/mol. The molecule has 0 aliphatic heterocycles. The van der Waals surface area contributed by atoms with Crippen molar-refractivity contribution in [2.24, 2.45) is 0 Å². The minimum absolute atomic E-state index is 0.729. The van der Waals surface area contributed by atoms with Crippen molar-refractivity contribution in [2.75, 3.05) is 0 Å². The lowest BCUT2D eigenvalue weighted by atomic mass is 10.0. The Morgan fingerprint density at radius 3 is 1.12 bits per heavy atom. The molecule has 0 aromatic heterocycles. The van der Waals surface area contributed by atoms with Gasteiger partial charge in [-0.3, -0.25) is 0 Å². The molecule has 0 spiro atoms. The molecule has 0 fully saturated rings. The van der Waals surface area contributed by atoms with Gasteiger partial charge in [0.2, 0.25) is 0 Å². The minimum atomic E-state index is -1.33. The van der Waals surface area contributed by atoms with Gasteiger partial charge in [-0.15, -0.1) is 0 Å². The molecule has 0 bridgehead atoms. The fourth-order valence-corrected chi connectivity index (χ4v) is 5.88. The molecule has 0 unspecified atom stereocenters. The maximum absolute atomic E-state index is 10.8. The first-order valence-corrected chi connectivity index (χ1v) is 17.7. The minimum Gasteiger partial charge on any atom is -0.501 e. The van der Waals surface area contributed by atoms with E-state index in [1.807, 2.05) is 24.3 Å². The smallest absolute Gasteiger partial charge is 0.501 e. The molecule has 0 aliphatic carbocycles. The van der Waals surface area contributed by atoms with Crippen molar-refractivity contribution in [3.63, 3.8) is 0 Å². The van der Waals surface area contributed by atoms with Crippen LogP contribution in [0.1, 0.15) is 165 Å². The van der Waals surface area contributed by atoms with E-state index in [-0.39, 0.29) is 0 Å². The van der Waals surface area contributed by atoms with Crippen LogP contribution in [0.15, 0.2) is 36.4 Å². The Bertz CT molecular complexity index is 868. The molecule has 2 aromatic carbocycles. The molecule has 2 aromatic rings. The molecule has 1 N–H and O–H groups in total. The van der Waals surface area contributed by atoms with Crippen LogP contribution in [0.3, 0.4) is 0 Å². The van der Waals surface area contributed by atoms with Crippen molar-refractivity contribution in [3.8, 4) is 11.5 Å². The molecule has 0 amide bonds.